The van der Waals surface area contributed by atoms with Gasteiger partial charge < -0.3 is 20.1 Å². The number of carbonyl (C=O) groups is 1. The molecule has 0 aromatic heterocycles. The van der Waals surface area contributed by atoms with E-state index in [1.54, 1.807) is 0 Å². The van der Waals surface area contributed by atoms with Crippen LogP contribution in [0.1, 0.15) is 19.3 Å². The molecule has 96 valence electrons. The average molecular weight is 240 g/mol. The summed E-state index contributed by atoms with van der Waals surface area (Å²) in [6.45, 7) is 2.47. The summed E-state index contributed by atoms with van der Waals surface area (Å²) in [6.07, 6.45) is 3.40. The molecule has 2 N–H and O–H groups in total. The van der Waals surface area contributed by atoms with E-state index in [0.717, 1.165) is 12.8 Å². The largest absolute Gasteiger partial charge is 0.376 e. The van der Waals surface area contributed by atoms with Gasteiger partial charge in [0.1, 0.15) is 0 Å². The first-order valence-corrected chi connectivity index (χ1v) is 6.56. The maximum atomic E-state index is 12.0. The number of carbonyl (C=O) groups excluding carboxylic acids is 1. The molecule has 0 saturated carbocycles. The Morgan fingerprint density at radius 1 is 1.35 bits per heavy atom. The number of ether oxygens (including phenoxy) is 2. The van der Waals surface area contributed by atoms with Crippen molar-refractivity contribution < 1.29 is 14.3 Å². The van der Waals surface area contributed by atoms with Crippen LogP contribution in [-0.2, 0) is 14.3 Å². The third-order valence-electron chi connectivity index (χ3n) is 4.03. The summed E-state index contributed by atoms with van der Waals surface area (Å²) in [5.41, 5.74) is 0. The van der Waals surface area contributed by atoms with Gasteiger partial charge in [-0.2, -0.15) is 0 Å². The Hall–Kier alpha value is -0.650. The molecule has 0 aromatic rings. The molecule has 5 heteroatoms. The van der Waals surface area contributed by atoms with Crippen LogP contribution in [0.25, 0.3) is 0 Å². The number of hydrogen-bond acceptors (Lipinski definition) is 4. The lowest BCUT2D eigenvalue weighted by molar-refractivity contribution is -0.128. The highest BCUT2D eigenvalue weighted by molar-refractivity contribution is 5.80. The third kappa shape index (κ3) is 2.46. The minimum absolute atomic E-state index is 0.0271. The lowest BCUT2D eigenvalue weighted by Crippen LogP contribution is -2.44. The van der Waals surface area contributed by atoms with Crippen LogP contribution >= 0.6 is 0 Å². The molecule has 3 saturated heterocycles. The zero-order chi connectivity index (χ0) is 11.7. The van der Waals surface area contributed by atoms with Crippen LogP contribution < -0.4 is 10.6 Å². The van der Waals surface area contributed by atoms with Gasteiger partial charge in [-0.15, -0.1) is 0 Å². The summed E-state index contributed by atoms with van der Waals surface area (Å²) in [4.78, 5) is 12.0. The normalized spacial score (nSPS) is 40.5. The standard InChI is InChI=1S/C12H20N2O3/c15-12(10-5-8-1-2-11(10)14-8)13-6-9-7-16-3-4-17-9/h8-11,14H,1-7H2,(H,13,15). The van der Waals surface area contributed by atoms with E-state index in [4.69, 9.17) is 9.47 Å². The van der Waals surface area contributed by atoms with Crippen molar-refractivity contribution in [3.63, 3.8) is 0 Å². The topological polar surface area (TPSA) is 59.6 Å². The van der Waals surface area contributed by atoms with Gasteiger partial charge in [-0.05, 0) is 19.3 Å². The zero-order valence-electron chi connectivity index (χ0n) is 9.98. The quantitative estimate of drug-likeness (QED) is 0.708. The van der Waals surface area contributed by atoms with E-state index in [2.05, 4.69) is 10.6 Å². The van der Waals surface area contributed by atoms with Gasteiger partial charge >= 0.3 is 0 Å². The van der Waals surface area contributed by atoms with Crippen LogP contribution in [-0.4, -0.2) is 50.5 Å². The minimum atomic E-state index is 0.0271. The van der Waals surface area contributed by atoms with Gasteiger partial charge in [0, 0.05) is 18.6 Å². The van der Waals surface area contributed by atoms with E-state index in [1.807, 2.05) is 0 Å². The Morgan fingerprint density at radius 3 is 2.94 bits per heavy atom. The van der Waals surface area contributed by atoms with Gasteiger partial charge in [0.2, 0.25) is 5.91 Å². The minimum Gasteiger partial charge on any atom is -0.376 e. The highest BCUT2D eigenvalue weighted by Gasteiger charge is 2.42. The second-order valence-electron chi connectivity index (χ2n) is 5.20. The highest BCUT2D eigenvalue weighted by atomic mass is 16.6. The van der Waals surface area contributed by atoms with Gasteiger partial charge in [-0.3, -0.25) is 4.79 Å². The van der Waals surface area contributed by atoms with Gasteiger partial charge in [-0.25, -0.2) is 0 Å². The van der Waals surface area contributed by atoms with Crippen molar-refractivity contribution in [3.8, 4) is 0 Å². The number of hydrogen-bond donors (Lipinski definition) is 2. The molecule has 3 heterocycles. The molecule has 0 radical (unpaired) electrons. The van der Waals surface area contributed by atoms with Crippen molar-refractivity contribution in [1.82, 2.24) is 10.6 Å². The number of fused-ring (bicyclic) bond motifs is 2. The molecule has 0 aliphatic carbocycles. The van der Waals surface area contributed by atoms with Crippen LogP contribution in [0.2, 0.25) is 0 Å². The molecule has 4 atom stereocenters. The first-order chi connectivity index (χ1) is 8.33. The van der Waals surface area contributed by atoms with Crippen LogP contribution in [0, 0.1) is 5.92 Å². The van der Waals surface area contributed by atoms with E-state index in [9.17, 15) is 4.79 Å². The predicted molar refractivity (Wildman–Crippen MR) is 61.6 cm³/mol. The van der Waals surface area contributed by atoms with E-state index >= 15 is 0 Å². The SMILES string of the molecule is O=C(NCC1COCCO1)C1CC2CCC1N2. The molecule has 3 fully saturated rings. The molecule has 4 unspecified atom stereocenters. The molecule has 3 rings (SSSR count). The average Bonchev–Trinajstić information content (AvgIpc) is 2.99. The van der Waals surface area contributed by atoms with Crippen molar-refractivity contribution in [1.29, 1.82) is 0 Å². The van der Waals surface area contributed by atoms with Gasteiger partial charge in [0.05, 0.1) is 31.8 Å². The number of amides is 1. The molecular formula is C12H20N2O3. The smallest absolute Gasteiger partial charge is 0.224 e. The first kappa shape index (κ1) is 11.4. The van der Waals surface area contributed by atoms with E-state index in [1.165, 1.54) is 6.42 Å². The number of nitrogens with one attached hydrogen (secondary N) is 2. The molecule has 3 aliphatic rings. The summed E-state index contributed by atoms with van der Waals surface area (Å²) in [6, 6.07) is 0.980. The van der Waals surface area contributed by atoms with Crippen molar-refractivity contribution in [3.05, 3.63) is 0 Å². The molecule has 0 spiro atoms. The van der Waals surface area contributed by atoms with Crippen molar-refractivity contribution in [2.24, 2.45) is 5.92 Å². The maximum absolute atomic E-state index is 12.0. The fourth-order valence-electron chi connectivity index (χ4n) is 3.11. The summed E-state index contributed by atoms with van der Waals surface area (Å²) in [7, 11) is 0. The number of rotatable bonds is 3. The van der Waals surface area contributed by atoms with Crippen molar-refractivity contribution in [2.75, 3.05) is 26.4 Å². The lowest BCUT2D eigenvalue weighted by Gasteiger charge is -2.25. The van der Waals surface area contributed by atoms with Crippen molar-refractivity contribution >= 4 is 5.91 Å². The summed E-state index contributed by atoms with van der Waals surface area (Å²) < 4.78 is 10.8. The van der Waals surface area contributed by atoms with Crippen LogP contribution in [0.3, 0.4) is 0 Å². The first-order valence-electron chi connectivity index (χ1n) is 6.56. The highest BCUT2D eigenvalue weighted by Crippen LogP contribution is 2.33. The van der Waals surface area contributed by atoms with E-state index in [0.29, 0.717) is 38.4 Å². The fraction of sp³-hybridized carbons (Fsp3) is 0.917. The Morgan fingerprint density at radius 2 is 2.29 bits per heavy atom. The molecule has 2 bridgehead atoms. The molecular weight excluding hydrogens is 220 g/mol. The molecule has 3 aliphatic heterocycles. The fourth-order valence-corrected chi connectivity index (χ4v) is 3.11. The van der Waals surface area contributed by atoms with Crippen molar-refractivity contribution in [2.45, 2.75) is 37.5 Å². The molecule has 17 heavy (non-hydrogen) atoms. The summed E-state index contributed by atoms with van der Waals surface area (Å²) >= 11 is 0. The Labute approximate surface area is 101 Å². The maximum Gasteiger partial charge on any atom is 0.224 e. The Bertz CT molecular complexity index is 291. The van der Waals surface area contributed by atoms with E-state index < -0.39 is 0 Å². The lowest BCUT2D eigenvalue weighted by atomic mass is 9.88. The second kappa shape index (κ2) is 4.92. The van der Waals surface area contributed by atoms with Crippen LogP contribution in [0.15, 0.2) is 0 Å². The predicted octanol–water partition coefficient (Wildman–Crippen LogP) is -0.341. The van der Waals surface area contributed by atoms with Gasteiger partial charge in [0.15, 0.2) is 0 Å². The van der Waals surface area contributed by atoms with E-state index in [-0.39, 0.29) is 17.9 Å². The molecule has 1 amide bonds. The Balaban J connectivity index is 1.44. The summed E-state index contributed by atoms with van der Waals surface area (Å²) in [5.74, 6) is 0.345. The van der Waals surface area contributed by atoms with Gasteiger partial charge in [-0.1, -0.05) is 0 Å². The van der Waals surface area contributed by atoms with Crippen LogP contribution in [0.5, 0.6) is 0 Å². The third-order valence-corrected chi connectivity index (χ3v) is 4.03. The van der Waals surface area contributed by atoms with Gasteiger partial charge in [0.25, 0.3) is 0 Å². The monoisotopic (exact) mass is 240 g/mol. The Kier molecular flexibility index (Phi) is 3.31. The molecule has 0 aromatic carbocycles. The van der Waals surface area contributed by atoms with Crippen LogP contribution in [0.4, 0.5) is 0 Å². The zero-order valence-corrected chi connectivity index (χ0v) is 9.98. The molecule has 5 nitrogen and oxygen atoms in total. The summed E-state index contributed by atoms with van der Waals surface area (Å²) in [5, 5.41) is 6.48. The second-order valence-corrected chi connectivity index (χ2v) is 5.20.